The smallest absolute Gasteiger partial charge is 0.160 e. The quantitative estimate of drug-likeness (QED) is 0.886. The fourth-order valence-corrected chi connectivity index (χ4v) is 4.47. The molecule has 0 bridgehead atoms. The topological polar surface area (TPSA) is 54.4 Å². The molecular formula is C17H19FO3S. The molecule has 0 aliphatic rings. The minimum absolute atomic E-state index is 0.00832. The molecule has 0 aliphatic heterocycles. The van der Waals surface area contributed by atoms with Crippen LogP contribution in [0.15, 0.2) is 54.6 Å². The molecule has 5 heteroatoms. The summed E-state index contributed by atoms with van der Waals surface area (Å²) in [5.41, 5.74) is 0.694. The molecule has 0 aliphatic carbocycles. The highest BCUT2D eigenvalue weighted by Crippen LogP contribution is 2.29. The van der Waals surface area contributed by atoms with E-state index >= 15 is 0 Å². The summed E-state index contributed by atoms with van der Waals surface area (Å²) in [4.78, 5) is 0. The van der Waals surface area contributed by atoms with E-state index in [1.807, 2.05) is 6.07 Å². The van der Waals surface area contributed by atoms with E-state index in [-0.39, 0.29) is 5.56 Å². The summed E-state index contributed by atoms with van der Waals surface area (Å²) in [5.74, 6) is -1.10. The fourth-order valence-electron chi connectivity index (χ4n) is 2.54. The molecular weight excluding hydrogens is 303 g/mol. The minimum Gasteiger partial charge on any atom is -0.387 e. The highest BCUT2D eigenvalue weighted by atomic mass is 32.2. The summed E-state index contributed by atoms with van der Waals surface area (Å²) in [6.45, 7) is 1.78. The highest BCUT2D eigenvalue weighted by molar-refractivity contribution is 7.91. The fraction of sp³-hybridized carbons (Fsp3) is 0.294. The van der Waals surface area contributed by atoms with E-state index in [1.165, 1.54) is 18.2 Å². The second-order valence-corrected chi connectivity index (χ2v) is 7.40. The Kier molecular flexibility index (Phi) is 5.32. The molecule has 2 aromatic rings. The van der Waals surface area contributed by atoms with Gasteiger partial charge in [-0.2, -0.15) is 0 Å². The Morgan fingerprint density at radius 1 is 1.05 bits per heavy atom. The van der Waals surface area contributed by atoms with Gasteiger partial charge in [0.2, 0.25) is 0 Å². The summed E-state index contributed by atoms with van der Waals surface area (Å²) in [6.07, 6.45) is -0.972. The standard InChI is InChI=1S/C17H19FO3S/c1-2-17(13-8-4-3-5-9-13)22(20,21)12-16(19)14-10-6-7-11-15(14)18/h3-11,16-17,19H,2,12H2,1H3. The Hall–Kier alpha value is -1.72. The van der Waals surface area contributed by atoms with Crippen LogP contribution in [-0.2, 0) is 9.84 Å². The van der Waals surface area contributed by atoms with Crippen molar-refractivity contribution in [2.45, 2.75) is 24.7 Å². The summed E-state index contributed by atoms with van der Waals surface area (Å²) in [7, 11) is -3.61. The molecule has 0 fully saturated rings. The van der Waals surface area contributed by atoms with Crippen molar-refractivity contribution in [3.05, 3.63) is 71.5 Å². The van der Waals surface area contributed by atoms with Crippen LogP contribution in [0.25, 0.3) is 0 Å². The Labute approximate surface area is 130 Å². The first-order chi connectivity index (χ1) is 10.5. The number of hydrogen-bond acceptors (Lipinski definition) is 3. The zero-order valence-corrected chi connectivity index (χ0v) is 13.1. The van der Waals surface area contributed by atoms with Gasteiger partial charge in [0.25, 0.3) is 0 Å². The summed E-state index contributed by atoms with van der Waals surface area (Å²) >= 11 is 0. The van der Waals surface area contributed by atoms with Crippen molar-refractivity contribution in [2.75, 3.05) is 5.75 Å². The molecule has 0 amide bonds. The van der Waals surface area contributed by atoms with E-state index in [9.17, 15) is 17.9 Å². The number of hydrogen-bond donors (Lipinski definition) is 1. The van der Waals surface area contributed by atoms with Crippen LogP contribution in [0.2, 0.25) is 0 Å². The van der Waals surface area contributed by atoms with Crippen LogP contribution in [-0.4, -0.2) is 19.3 Å². The molecule has 3 nitrogen and oxygen atoms in total. The minimum atomic E-state index is -3.61. The lowest BCUT2D eigenvalue weighted by Gasteiger charge is -2.19. The van der Waals surface area contributed by atoms with Gasteiger partial charge in [-0.25, -0.2) is 12.8 Å². The van der Waals surface area contributed by atoms with Gasteiger partial charge in [0.15, 0.2) is 9.84 Å². The van der Waals surface area contributed by atoms with Crippen LogP contribution in [0.3, 0.4) is 0 Å². The van der Waals surface area contributed by atoms with Crippen LogP contribution in [0.4, 0.5) is 4.39 Å². The number of rotatable bonds is 6. The molecule has 0 aromatic heterocycles. The molecule has 2 unspecified atom stereocenters. The van der Waals surface area contributed by atoms with E-state index in [2.05, 4.69) is 0 Å². The van der Waals surface area contributed by atoms with E-state index in [1.54, 1.807) is 37.3 Å². The van der Waals surface area contributed by atoms with Crippen molar-refractivity contribution >= 4 is 9.84 Å². The molecule has 0 saturated heterocycles. The molecule has 0 spiro atoms. The van der Waals surface area contributed by atoms with Gasteiger partial charge in [0, 0.05) is 5.56 Å². The molecule has 1 N–H and O–H groups in total. The maximum atomic E-state index is 13.7. The van der Waals surface area contributed by atoms with Crippen molar-refractivity contribution < 1.29 is 17.9 Å². The molecule has 2 rings (SSSR count). The molecule has 22 heavy (non-hydrogen) atoms. The first-order valence-corrected chi connectivity index (χ1v) is 8.86. The Balaban J connectivity index is 2.25. The average Bonchev–Trinajstić information content (AvgIpc) is 2.48. The van der Waals surface area contributed by atoms with Crippen molar-refractivity contribution in [3.63, 3.8) is 0 Å². The largest absolute Gasteiger partial charge is 0.387 e. The summed E-state index contributed by atoms with van der Waals surface area (Å²) < 4.78 is 38.8. The van der Waals surface area contributed by atoms with Gasteiger partial charge in [-0.15, -0.1) is 0 Å². The summed E-state index contributed by atoms with van der Waals surface area (Å²) in [5, 5.41) is 9.41. The van der Waals surface area contributed by atoms with Gasteiger partial charge in [0.05, 0.1) is 17.1 Å². The normalized spacial score (nSPS) is 14.5. The molecule has 2 aromatic carbocycles. The third-order valence-corrected chi connectivity index (χ3v) is 5.88. The Bertz CT molecular complexity index is 714. The van der Waals surface area contributed by atoms with Crippen molar-refractivity contribution in [3.8, 4) is 0 Å². The lowest BCUT2D eigenvalue weighted by molar-refractivity contribution is 0.196. The van der Waals surface area contributed by atoms with E-state index in [4.69, 9.17) is 0 Å². The first kappa shape index (κ1) is 16.6. The number of aliphatic hydroxyl groups excluding tert-OH is 1. The Morgan fingerprint density at radius 2 is 1.64 bits per heavy atom. The number of halogens is 1. The van der Waals surface area contributed by atoms with Crippen LogP contribution in [0.5, 0.6) is 0 Å². The van der Waals surface area contributed by atoms with Crippen molar-refractivity contribution in [2.24, 2.45) is 0 Å². The lowest BCUT2D eigenvalue weighted by atomic mass is 10.1. The van der Waals surface area contributed by atoms with Crippen LogP contribution in [0, 0.1) is 5.82 Å². The van der Waals surface area contributed by atoms with Gasteiger partial charge in [-0.05, 0) is 18.1 Å². The van der Waals surface area contributed by atoms with Gasteiger partial charge < -0.3 is 5.11 Å². The number of sulfone groups is 1. The maximum Gasteiger partial charge on any atom is 0.160 e. The number of aliphatic hydroxyl groups is 1. The molecule has 0 heterocycles. The van der Waals surface area contributed by atoms with E-state index < -0.39 is 32.8 Å². The monoisotopic (exact) mass is 322 g/mol. The number of benzene rings is 2. The van der Waals surface area contributed by atoms with Crippen LogP contribution >= 0.6 is 0 Å². The lowest BCUT2D eigenvalue weighted by Crippen LogP contribution is -2.21. The third kappa shape index (κ3) is 3.72. The van der Waals surface area contributed by atoms with Gasteiger partial charge in [-0.3, -0.25) is 0 Å². The van der Waals surface area contributed by atoms with E-state index in [0.29, 0.717) is 12.0 Å². The van der Waals surface area contributed by atoms with Gasteiger partial charge in [0.1, 0.15) is 5.82 Å². The summed E-state index contributed by atoms with van der Waals surface area (Å²) in [6, 6.07) is 14.6. The molecule has 118 valence electrons. The second-order valence-electron chi connectivity index (χ2n) is 5.17. The predicted octanol–water partition coefficient (Wildman–Crippen LogP) is 3.43. The molecule has 0 saturated carbocycles. The third-order valence-electron chi connectivity index (χ3n) is 3.63. The second kappa shape index (κ2) is 7.03. The van der Waals surface area contributed by atoms with Crippen LogP contribution < -0.4 is 0 Å². The van der Waals surface area contributed by atoms with Crippen molar-refractivity contribution in [1.82, 2.24) is 0 Å². The van der Waals surface area contributed by atoms with Crippen molar-refractivity contribution in [1.29, 1.82) is 0 Å². The zero-order chi connectivity index (χ0) is 16.2. The highest BCUT2D eigenvalue weighted by Gasteiger charge is 2.29. The zero-order valence-electron chi connectivity index (χ0n) is 12.3. The molecule has 0 radical (unpaired) electrons. The SMILES string of the molecule is CCC(c1ccccc1)S(=O)(=O)CC(O)c1ccccc1F. The predicted molar refractivity (Wildman–Crippen MR) is 84.6 cm³/mol. The Morgan fingerprint density at radius 3 is 2.23 bits per heavy atom. The van der Waals surface area contributed by atoms with Gasteiger partial charge in [-0.1, -0.05) is 55.5 Å². The van der Waals surface area contributed by atoms with Gasteiger partial charge >= 0.3 is 0 Å². The average molecular weight is 322 g/mol. The van der Waals surface area contributed by atoms with E-state index in [0.717, 1.165) is 0 Å². The molecule has 2 atom stereocenters. The maximum absolute atomic E-state index is 13.7. The first-order valence-electron chi connectivity index (χ1n) is 7.14. The van der Waals surface area contributed by atoms with Crippen LogP contribution in [0.1, 0.15) is 35.8 Å².